The number of hydrogen-bond acceptors (Lipinski definition) is 4. The van der Waals surface area contributed by atoms with Gasteiger partial charge in [0.1, 0.15) is 0 Å². The molecular weight excluding hydrogens is 234 g/mol. The molecule has 0 fully saturated rings. The van der Waals surface area contributed by atoms with Crippen LogP contribution in [0.15, 0.2) is 12.1 Å². The van der Waals surface area contributed by atoms with Gasteiger partial charge in [-0.3, -0.25) is 0 Å². The van der Waals surface area contributed by atoms with Crippen molar-refractivity contribution < 1.29 is 9.53 Å². The molecule has 0 atom stereocenters. The van der Waals surface area contributed by atoms with E-state index < -0.39 is 0 Å². The van der Waals surface area contributed by atoms with Crippen molar-refractivity contribution in [3.05, 3.63) is 28.8 Å². The van der Waals surface area contributed by atoms with Gasteiger partial charge in [-0.15, -0.1) is 0 Å². The van der Waals surface area contributed by atoms with Gasteiger partial charge in [0, 0.05) is 11.4 Å². The highest BCUT2D eigenvalue weighted by molar-refractivity contribution is 7.97. The molecule has 0 aliphatic carbocycles. The number of ether oxygens (including phenoxy) is 1. The molecule has 0 saturated carbocycles. The molecule has 4 heteroatoms. The molecule has 1 rings (SSSR count). The number of thioether (sulfide) groups is 1. The molecule has 0 unspecified atom stereocenters. The van der Waals surface area contributed by atoms with Crippen molar-refractivity contribution in [1.82, 2.24) is 0 Å². The number of hydrogen-bond donors (Lipinski definition) is 1. The molecule has 1 aromatic carbocycles. The number of nitrogens with two attached hydrogens (primary N) is 1. The Balaban J connectivity index is 2.95. The lowest BCUT2D eigenvalue weighted by Gasteiger charge is -2.12. The zero-order chi connectivity index (χ0) is 12.8. The van der Waals surface area contributed by atoms with Gasteiger partial charge in [0.15, 0.2) is 0 Å². The molecule has 0 amide bonds. The van der Waals surface area contributed by atoms with E-state index >= 15 is 0 Å². The Labute approximate surface area is 107 Å². The van der Waals surface area contributed by atoms with Crippen LogP contribution >= 0.6 is 11.8 Å². The Hall–Kier alpha value is -1.16. The van der Waals surface area contributed by atoms with E-state index in [1.807, 2.05) is 26.2 Å². The van der Waals surface area contributed by atoms with Gasteiger partial charge >= 0.3 is 5.97 Å². The molecule has 0 heterocycles. The van der Waals surface area contributed by atoms with Crippen LogP contribution < -0.4 is 5.73 Å². The van der Waals surface area contributed by atoms with Gasteiger partial charge in [-0.05, 0) is 36.8 Å². The Morgan fingerprint density at radius 3 is 2.76 bits per heavy atom. The summed E-state index contributed by atoms with van der Waals surface area (Å²) >= 11 is 1.73. The second-order valence-electron chi connectivity index (χ2n) is 3.88. The summed E-state index contributed by atoms with van der Waals surface area (Å²) < 4.78 is 5.09. The van der Waals surface area contributed by atoms with Crippen LogP contribution in [0.25, 0.3) is 0 Å². The maximum atomic E-state index is 11.7. The fourth-order valence-corrected chi connectivity index (χ4v) is 2.16. The normalized spacial score (nSPS) is 10.3. The van der Waals surface area contributed by atoms with E-state index in [2.05, 4.69) is 0 Å². The summed E-state index contributed by atoms with van der Waals surface area (Å²) in [6, 6.07) is 3.70. The molecule has 94 valence electrons. The number of anilines is 1. The summed E-state index contributed by atoms with van der Waals surface area (Å²) in [6.07, 6.45) is 2.86. The van der Waals surface area contributed by atoms with Crippen molar-refractivity contribution >= 4 is 23.4 Å². The highest BCUT2D eigenvalue weighted by Crippen LogP contribution is 2.24. The van der Waals surface area contributed by atoms with Crippen LogP contribution in [0.2, 0.25) is 0 Å². The molecule has 0 aliphatic heterocycles. The predicted molar refractivity (Wildman–Crippen MR) is 73.4 cm³/mol. The summed E-state index contributed by atoms with van der Waals surface area (Å²) in [6.45, 7) is 4.34. The summed E-state index contributed by atoms with van der Waals surface area (Å²) in [5.41, 5.74) is 9.13. The molecular formula is C13H19NO2S. The zero-order valence-electron chi connectivity index (χ0n) is 10.6. The standard InChI is InChI=1S/C13H19NO2S/c1-4-7-16-13(15)11-6-5-10(8-17-3)9(2)12(11)14/h5-6H,4,7-8,14H2,1-3H3. The summed E-state index contributed by atoms with van der Waals surface area (Å²) in [5, 5.41) is 0. The number of rotatable bonds is 5. The molecule has 0 saturated heterocycles. The van der Waals surface area contributed by atoms with Crippen molar-refractivity contribution in [3.63, 3.8) is 0 Å². The van der Waals surface area contributed by atoms with Gasteiger partial charge in [0.25, 0.3) is 0 Å². The average molecular weight is 253 g/mol. The predicted octanol–water partition coefficient (Wildman–Crippen LogP) is 3.01. The van der Waals surface area contributed by atoms with Crippen LogP contribution in [0.5, 0.6) is 0 Å². The molecule has 3 nitrogen and oxygen atoms in total. The van der Waals surface area contributed by atoms with E-state index in [-0.39, 0.29) is 5.97 Å². The minimum atomic E-state index is -0.330. The molecule has 0 spiro atoms. The Morgan fingerprint density at radius 1 is 1.47 bits per heavy atom. The van der Waals surface area contributed by atoms with E-state index in [9.17, 15) is 4.79 Å². The first-order chi connectivity index (χ1) is 8.11. The lowest BCUT2D eigenvalue weighted by molar-refractivity contribution is 0.0506. The third-order valence-corrected chi connectivity index (χ3v) is 3.18. The molecule has 0 radical (unpaired) electrons. The molecule has 0 aromatic heterocycles. The summed E-state index contributed by atoms with van der Waals surface area (Å²) in [5.74, 6) is 0.573. The number of carbonyl (C=O) groups excluding carboxylic acids is 1. The second kappa shape index (κ2) is 6.55. The summed E-state index contributed by atoms with van der Waals surface area (Å²) in [7, 11) is 0. The highest BCUT2D eigenvalue weighted by Gasteiger charge is 2.14. The number of nitrogen functional groups attached to an aromatic ring is 1. The van der Waals surface area contributed by atoms with Crippen LogP contribution in [0.4, 0.5) is 5.69 Å². The van der Waals surface area contributed by atoms with Crippen molar-refractivity contribution in [2.24, 2.45) is 0 Å². The largest absolute Gasteiger partial charge is 0.462 e. The monoisotopic (exact) mass is 253 g/mol. The molecule has 2 N–H and O–H groups in total. The number of esters is 1. The SMILES string of the molecule is CCCOC(=O)c1ccc(CSC)c(C)c1N. The van der Waals surface area contributed by atoms with Crippen molar-refractivity contribution in [3.8, 4) is 0 Å². The Kier molecular flexibility index (Phi) is 5.35. The van der Waals surface area contributed by atoms with Crippen molar-refractivity contribution in [2.75, 3.05) is 18.6 Å². The van der Waals surface area contributed by atoms with Crippen LogP contribution in [0.3, 0.4) is 0 Å². The minimum Gasteiger partial charge on any atom is -0.462 e. The quantitative estimate of drug-likeness (QED) is 0.647. The first-order valence-electron chi connectivity index (χ1n) is 5.65. The molecule has 1 aromatic rings. The van der Waals surface area contributed by atoms with Crippen molar-refractivity contribution in [2.45, 2.75) is 26.0 Å². The van der Waals surface area contributed by atoms with Crippen LogP contribution in [0, 0.1) is 6.92 Å². The summed E-state index contributed by atoms with van der Waals surface area (Å²) in [4.78, 5) is 11.7. The topological polar surface area (TPSA) is 52.3 Å². The molecule has 17 heavy (non-hydrogen) atoms. The highest BCUT2D eigenvalue weighted by atomic mass is 32.2. The molecule has 0 aliphatic rings. The third kappa shape index (κ3) is 3.40. The van der Waals surface area contributed by atoms with E-state index in [4.69, 9.17) is 10.5 Å². The van der Waals surface area contributed by atoms with Crippen molar-refractivity contribution in [1.29, 1.82) is 0 Å². The van der Waals surface area contributed by atoms with Crippen LogP contribution in [-0.2, 0) is 10.5 Å². The van der Waals surface area contributed by atoms with E-state index in [1.54, 1.807) is 17.8 Å². The maximum absolute atomic E-state index is 11.7. The smallest absolute Gasteiger partial charge is 0.340 e. The zero-order valence-corrected chi connectivity index (χ0v) is 11.4. The van der Waals surface area contributed by atoms with E-state index in [0.717, 1.165) is 17.7 Å². The van der Waals surface area contributed by atoms with Crippen LogP contribution in [0.1, 0.15) is 34.8 Å². The van der Waals surface area contributed by atoms with Gasteiger partial charge in [-0.2, -0.15) is 11.8 Å². The van der Waals surface area contributed by atoms with Crippen LogP contribution in [-0.4, -0.2) is 18.8 Å². The van der Waals surface area contributed by atoms with Gasteiger partial charge in [-0.25, -0.2) is 4.79 Å². The van der Waals surface area contributed by atoms with Gasteiger partial charge in [0.2, 0.25) is 0 Å². The fraction of sp³-hybridized carbons (Fsp3) is 0.462. The van der Waals surface area contributed by atoms with E-state index in [1.165, 1.54) is 5.56 Å². The fourth-order valence-electron chi connectivity index (χ4n) is 1.54. The lowest BCUT2D eigenvalue weighted by atomic mass is 10.0. The minimum absolute atomic E-state index is 0.330. The first-order valence-corrected chi connectivity index (χ1v) is 7.05. The second-order valence-corrected chi connectivity index (χ2v) is 4.75. The number of carbonyl (C=O) groups is 1. The van der Waals surface area contributed by atoms with Gasteiger partial charge in [0.05, 0.1) is 12.2 Å². The molecule has 0 bridgehead atoms. The third-order valence-electron chi connectivity index (χ3n) is 2.58. The Morgan fingerprint density at radius 2 is 2.18 bits per heavy atom. The van der Waals surface area contributed by atoms with Gasteiger partial charge in [-0.1, -0.05) is 13.0 Å². The number of benzene rings is 1. The lowest BCUT2D eigenvalue weighted by Crippen LogP contribution is -2.10. The first kappa shape index (κ1) is 13.9. The Bertz CT molecular complexity index is 405. The maximum Gasteiger partial charge on any atom is 0.340 e. The van der Waals surface area contributed by atoms with E-state index in [0.29, 0.717) is 17.9 Å². The average Bonchev–Trinajstić information content (AvgIpc) is 2.32. The van der Waals surface area contributed by atoms with Gasteiger partial charge < -0.3 is 10.5 Å².